The molecule has 0 aromatic rings. The Morgan fingerprint density at radius 2 is 2.00 bits per heavy atom. The molecule has 3 aliphatic heterocycles. The summed E-state index contributed by atoms with van der Waals surface area (Å²) in [6, 6.07) is -1.12. The van der Waals surface area contributed by atoms with Crippen LogP contribution in [0, 0.1) is 17.8 Å². The van der Waals surface area contributed by atoms with E-state index in [0.717, 1.165) is 25.7 Å². The Bertz CT molecular complexity index is 731. The lowest BCUT2D eigenvalue weighted by Gasteiger charge is -2.37. The molecule has 2 amide bonds. The van der Waals surface area contributed by atoms with Crippen molar-refractivity contribution in [1.29, 1.82) is 0 Å². The highest BCUT2D eigenvalue weighted by molar-refractivity contribution is 8.02. The van der Waals surface area contributed by atoms with E-state index in [1.165, 1.54) is 0 Å². The van der Waals surface area contributed by atoms with E-state index in [0.29, 0.717) is 19.4 Å². The highest BCUT2D eigenvalue weighted by Gasteiger charge is 2.77. The minimum Gasteiger partial charge on any atom is -0.466 e. The van der Waals surface area contributed by atoms with Crippen LogP contribution in [0.4, 0.5) is 0 Å². The highest BCUT2D eigenvalue weighted by atomic mass is 32.2. The van der Waals surface area contributed by atoms with Crippen molar-refractivity contribution >= 4 is 29.5 Å². The van der Waals surface area contributed by atoms with Crippen molar-refractivity contribution in [2.45, 2.75) is 94.7 Å². The van der Waals surface area contributed by atoms with Crippen molar-refractivity contribution in [3.63, 3.8) is 0 Å². The van der Waals surface area contributed by atoms with Crippen LogP contribution in [0.15, 0.2) is 0 Å². The third-order valence-electron chi connectivity index (χ3n) is 7.43. The van der Waals surface area contributed by atoms with Crippen LogP contribution >= 0.6 is 11.8 Å². The molecule has 3 fully saturated rings. The number of esters is 1. The number of aliphatic hydroxyl groups is 1. The zero-order chi connectivity index (χ0) is 23.7. The minimum atomic E-state index is -0.677. The molecule has 3 rings (SSSR count). The zero-order valence-electron chi connectivity index (χ0n) is 20.2. The van der Waals surface area contributed by atoms with Crippen LogP contribution in [0.2, 0.25) is 0 Å². The average Bonchev–Trinajstić information content (AvgIpc) is 3.30. The predicted molar refractivity (Wildman–Crippen MR) is 125 cm³/mol. The summed E-state index contributed by atoms with van der Waals surface area (Å²) in [5.41, 5.74) is 0. The van der Waals surface area contributed by atoms with Crippen LogP contribution in [0.1, 0.15) is 73.1 Å². The number of thioether (sulfide) groups is 1. The van der Waals surface area contributed by atoms with E-state index in [1.54, 1.807) is 23.6 Å². The Morgan fingerprint density at radius 3 is 2.59 bits per heavy atom. The van der Waals surface area contributed by atoms with Gasteiger partial charge in [-0.15, -0.1) is 11.8 Å². The Labute approximate surface area is 196 Å². The van der Waals surface area contributed by atoms with Gasteiger partial charge in [-0.05, 0) is 45.4 Å². The monoisotopic (exact) mass is 468 g/mol. The Balaban J connectivity index is 2.00. The Hall–Kier alpha value is -1.28. The molecular weight excluding hydrogens is 428 g/mol. The molecule has 182 valence electrons. The van der Waals surface area contributed by atoms with Gasteiger partial charge in [0.2, 0.25) is 11.8 Å². The van der Waals surface area contributed by atoms with Gasteiger partial charge in [0, 0.05) is 11.3 Å². The molecule has 32 heavy (non-hydrogen) atoms. The SMILES string of the molecule is CCCCCNC(=O)C1N([C@@H](CO)CC(C)C)C(=O)[C@@H]2[C@H](C(=O)OCC)[C@]3(C)CCC12S3. The van der Waals surface area contributed by atoms with Crippen molar-refractivity contribution in [3.8, 4) is 0 Å². The van der Waals surface area contributed by atoms with Crippen LogP contribution < -0.4 is 5.32 Å². The molecule has 3 heterocycles. The zero-order valence-corrected chi connectivity index (χ0v) is 21.0. The number of aliphatic hydroxyl groups excluding tert-OH is 1. The number of carbonyl (C=O) groups excluding carboxylic acids is 3. The maximum Gasteiger partial charge on any atom is 0.311 e. The first kappa shape index (κ1) is 25.3. The standard InChI is InChI=1S/C24H40N2O5S/c1-6-8-9-12-25-20(28)19-24-11-10-23(5,32-24)18(22(30)31-7-2)17(24)21(29)26(19)16(14-27)13-15(3)4/h15-19,27H,6-14H2,1-5H3,(H,25,28)/t16-,17+,18-,19?,23+,24?/m1/s1. The number of hydrogen-bond donors (Lipinski definition) is 2. The van der Waals surface area contributed by atoms with E-state index < -0.39 is 33.4 Å². The second kappa shape index (κ2) is 9.92. The molecular formula is C24H40N2O5S. The quantitative estimate of drug-likeness (QED) is 0.358. The van der Waals surface area contributed by atoms with Crippen LogP contribution in [0.5, 0.6) is 0 Å². The summed E-state index contributed by atoms with van der Waals surface area (Å²) in [7, 11) is 0. The summed E-state index contributed by atoms with van der Waals surface area (Å²) in [6.07, 6.45) is 5.08. The lowest BCUT2D eigenvalue weighted by Crippen LogP contribution is -2.56. The Kier molecular flexibility index (Phi) is 7.85. The second-order valence-electron chi connectivity index (χ2n) is 10.2. The van der Waals surface area contributed by atoms with Gasteiger partial charge < -0.3 is 20.1 Å². The third kappa shape index (κ3) is 4.17. The van der Waals surface area contributed by atoms with Gasteiger partial charge in [-0.1, -0.05) is 33.6 Å². The van der Waals surface area contributed by atoms with Gasteiger partial charge in [0.15, 0.2) is 0 Å². The molecule has 7 nitrogen and oxygen atoms in total. The van der Waals surface area contributed by atoms with Gasteiger partial charge in [0.25, 0.3) is 0 Å². The summed E-state index contributed by atoms with van der Waals surface area (Å²) in [6.45, 7) is 10.7. The molecule has 2 N–H and O–H groups in total. The van der Waals surface area contributed by atoms with Gasteiger partial charge in [-0.25, -0.2) is 0 Å². The van der Waals surface area contributed by atoms with Gasteiger partial charge >= 0.3 is 5.97 Å². The summed E-state index contributed by atoms with van der Waals surface area (Å²) < 4.78 is 4.34. The number of fused-ring (bicyclic) bond motifs is 1. The van der Waals surface area contributed by atoms with Crippen molar-refractivity contribution in [2.75, 3.05) is 19.8 Å². The number of likely N-dealkylation sites (tertiary alicyclic amines) is 1. The smallest absolute Gasteiger partial charge is 0.311 e. The highest BCUT2D eigenvalue weighted by Crippen LogP contribution is 2.71. The minimum absolute atomic E-state index is 0.152. The molecule has 3 aliphatic rings. The molecule has 0 aliphatic carbocycles. The number of nitrogens with zero attached hydrogens (tertiary/aromatic N) is 1. The number of unbranched alkanes of at least 4 members (excludes halogenated alkanes) is 2. The molecule has 0 radical (unpaired) electrons. The normalized spacial score (nSPS) is 34.2. The van der Waals surface area contributed by atoms with E-state index in [9.17, 15) is 19.5 Å². The third-order valence-corrected chi connectivity index (χ3v) is 9.42. The van der Waals surface area contributed by atoms with Crippen molar-refractivity contribution in [3.05, 3.63) is 0 Å². The number of carbonyl (C=O) groups is 3. The molecule has 3 saturated heterocycles. The first-order valence-electron chi connectivity index (χ1n) is 12.2. The maximum atomic E-state index is 13.9. The van der Waals surface area contributed by atoms with Gasteiger partial charge in [-0.3, -0.25) is 14.4 Å². The van der Waals surface area contributed by atoms with E-state index >= 15 is 0 Å². The van der Waals surface area contributed by atoms with Gasteiger partial charge in [0.1, 0.15) is 6.04 Å². The van der Waals surface area contributed by atoms with Gasteiger partial charge in [-0.2, -0.15) is 0 Å². The fourth-order valence-electron chi connectivity index (χ4n) is 6.15. The van der Waals surface area contributed by atoms with Crippen LogP contribution in [-0.4, -0.2) is 69.1 Å². The first-order chi connectivity index (χ1) is 15.2. The number of hydrogen-bond acceptors (Lipinski definition) is 6. The first-order valence-corrected chi connectivity index (χ1v) is 13.1. The van der Waals surface area contributed by atoms with Gasteiger partial charge in [0.05, 0.1) is 35.8 Å². The topological polar surface area (TPSA) is 95.9 Å². The van der Waals surface area contributed by atoms with Crippen LogP contribution in [0.3, 0.4) is 0 Å². The predicted octanol–water partition coefficient (Wildman–Crippen LogP) is 2.74. The Morgan fingerprint density at radius 1 is 1.28 bits per heavy atom. The van der Waals surface area contributed by atoms with E-state index in [1.807, 2.05) is 20.8 Å². The fourth-order valence-corrected chi connectivity index (χ4v) is 8.48. The lowest BCUT2D eigenvalue weighted by atomic mass is 9.66. The lowest BCUT2D eigenvalue weighted by molar-refractivity contribution is -0.155. The molecule has 8 heteroatoms. The fraction of sp³-hybridized carbons (Fsp3) is 0.875. The summed E-state index contributed by atoms with van der Waals surface area (Å²) >= 11 is 1.64. The van der Waals surface area contributed by atoms with Crippen molar-refractivity contribution in [1.82, 2.24) is 10.2 Å². The number of ether oxygens (including phenoxy) is 1. The molecule has 2 bridgehead atoms. The van der Waals surface area contributed by atoms with E-state index in [4.69, 9.17) is 4.74 Å². The molecule has 0 aromatic heterocycles. The van der Waals surface area contributed by atoms with Crippen LogP contribution in [0.25, 0.3) is 0 Å². The number of amides is 2. The molecule has 6 atom stereocenters. The van der Waals surface area contributed by atoms with Crippen molar-refractivity contribution < 1.29 is 24.2 Å². The number of rotatable bonds is 11. The molecule has 1 spiro atoms. The molecule has 2 unspecified atom stereocenters. The van der Waals surface area contributed by atoms with Crippen LogP contribution in [-0.2, 0) is 19.1 Å². The molecule has 0 aromatic carbocycles. The maximum absolute atomic E-state index is 13.9. The largest absolute Gasteiger partial charge is 0.466 e. The summed E-state index contributed by atoms with van der Waals surface area (Å²) in [5.74, 6) is -1.55. The summed E-state index contributed by atoms with van der Waals surface area (Å²) in [5, 5.41) is 13.3. The van der Waals surface area contributed by atoms with E-state index in [2.05, 4.69) is 12.2 Å². The average molecular weight is 469 g/mol. The molecule has 0 saturated carbocycles. The number of nitrogens with one attached hydrogen (secondary N) is 1. The summed E-state index contributed by atoms with van der Waals surface area (Å²) in [4.78, 5) is 42.2. The second-order valence-corrected chi connectivity index (χ2v) is 12.1. The van der Waals surface area contributed by atoms with E-state index in [-0.39, 0.29) is 36.9 Å². The van der Waals surface area contributed by atoms with Crippen molar-refractivity contribution in [2.24, 2.45) is 17.8 Å².